The summed E-state index contributed by atoms with van der Waals surface area (Å²) in [7, 11) is 1.84. The van der Waals surface area contributed by atoms with Crippen LogP contribution in [-0.2, 0) is 0 Å². The molecule has 0 aliphatic rings. The van der Waals surface area contributed by atoms with Crippen molar-refractivity contribution in [3.8, 4) is 11.5 Å². The third kappa shape index (κ3) is 2.05. The van der Waals surface area contributed by atoms with E-state index in [1.165, 1.54) is 0 Å². The topological polar surface area (TPSA) is 51.0 Å². The molecule has 0 saturated heterocycles. The number of hydrogen-bond donors (Lipinski definition) is 1. The van der Waals surface area contributed by atoms with Crippen molar-refractivity contribution in [3.05, 3.63) is 40.1 Å². The molecule has 3 rings (SSSR count). The number of rotatable bonds is 2. The summed E-state index contributed by atoms with van der Waals surface area (Å²) in [4.78, 5) is 8.72. The second-order valence-electron chi connectivity index (χ2n) is 3.81. The largest absolute Gasteiger partial charge is 0.436 e. The molecule has 0 atom stereocenters. The van der Waals surface area contributed by atoms with Gasteiger partial charge in [0.15, 0.2) is 5.58 Å². The normalized spacial score (nSPS) is 10.8. The lowest BCUT2D eigenvalue weighted by Gasteiger charge is -1.98. The van der Waals surface area contributed by atoms with Gasteiger partial charge in [-0.25, -0.2) is 9.97 Å². The average Bonchev–Trinajstić information content (AvgIpc) is 2.81. The number of nitrogens with zero attached hydrogens (tertiary/aromatic N) is 2. The molecule has 0 saturated carbocycles. The Labute approximate surface area is 118 Å². The van der Waals surface area contributed by atoms with E-state index in [0.29, 0.717) is 5.89 Å². The number of hydrogen-bond acceptors (Lipinski definition) is 4. The van der Waals surface area contributed by atoms with Gasteiger partial charge in [-0.2, -0.15) is 0 Å². The van der Waals surface area contributed by atoms with Crippen LogP contribution in [0.3, 0.4) is 0 Å². The van der Waals surface area contributed by atoms with Crippen molar-refractivity contribution in [2.45, 2.75) is 0 Å². The molecule has 0 fully saturated rings. The predicted octanol–water partition coefficient (Wildman–Crippen LogP) is 3.54. The highest BCUT2D eigenvalue weighted by molar-refractivity contribution is 14.1. The number of oxazole rings is 1. The van der Waals surface area contributed by atoms with Crippen LogP contribution in [-0.4, -0.2) is 17.0 Å². The SMILES string of the molecule is CNc1ccc(-c2nc3cc(I)ccc3o2)cn1. The molecule has 0 aliphatic carbocycles. The molecular formula is C13H10IN3O. The summed E-state index contributed by atoms with van der Waals surface area (Å²) in [6.07, 6.45) is 1.75. The van der Waals surface area contributed by atoms with Crippen LogP contribution in [0.15, 0.2) is 40.9 Å². The molecule has 0 aliphatic heterocycles. The molecule has 0 bridgehead atoms. The van der Waals surface area contributed by atoms with Gasteiger partial charge >= 0.3 is 0 Å². The molecule has 18 heavy (non-hydrogen) atoms. The lowest BCUT2D eigenvalue weighted by molar-refractivity contribution is 0.619. The fourth-order valence-corrected chi connectivity index (χ4v) is 2.17. The summed E-state index contributed by atoms with van der Waals surface area (Å²) in [6.45, 7) is 0. The lowest BCUT2D eigenvalue weighted by Crippen LogP contribution is -1.91. The zero-order valence-electron chi connectivity index (χ0n) is 9.64. The predicted molar refractivity (Wildman–Crippen MR) is 79.5 cm³/mol. The number of halogens is 1. The van der Waals surface area contributed by atoms with Crippen LogP contribution in [0.4, 0.5) is 5.82 Å². The molecule has 0 spiro atoms. The number of aromatic nitrogens is 2. The van der Waals surface area contributed by atoms with E-state index >= 15 is 0 Å². The number of pyridine rings is 1. The monoisotopic (exact) mass is 351 g/mol. The zero-order valence-corrected chi connectivity index (χ0v) is 11.8. The van der Waals surface area contributed by atoms with Gasteiger partial charge in [0.05, 0.1) is 5.56 Å². The third-order valence-electron chi connectivity index (χ3n) is 2.62. The molecule has 0 amide bonds. The first-order chi connectivity index (χ1) is 8.76. The van der Waals surface area contributed by atoms with Gasteiger partial charge in [-0.1, -0.05) is 0 Å². The molecule has 90 valence electrons. The quantitative estimate of drug-likeness (QED) is 0.718. The Balaban J connectivity index is 2.07. The minimum absolute atomic E-state index is 0.599. The molecule has 0 unspecified atom stereocenters. The maximum absolute atomic E-state index is 5.71. The summed E-state index contributed by atoms with van der Waals surface area (Å²) in [5.41, 5.74) is 2.54. The fourth-order valence-electron chi connectivity index (χ4n) is 1.69. The van der Waals surface area contributed by atoms with Crippen LogP contribution < -0.4 is 5.32 Å². The fraction of sp³-hybridized carbons (Fsp3) is 0.0769. The van der Waals surface area contributed by atoms with Crippen molar-refractivity contribution < 1.29 is 4.42 Å². The molecule has 2 heterocycles. The van der Waals surface area contributed by atoms with E-state index in [4.69, 9.17) is 4.42 Å². The summed E-state index contributed by atoms with van der Waals surface area (Å²) >= 11 is 2.26. The Bertz CT molecular complexity index is 691. The van der Waals surface area contributed by atoms with Crippen molar-refractivity contribution in [2.24, 2.45) is 0 Å². The van der Waals surface area contributed by atoms with E-state index in [0.717, 1.165) is 26.1 Å². The van der Waals surface area contributed by atoms with E-state index in [9.17, 15) is 0 Å². The maximum atomic E-state index is 5.71. The zero-order chi connectivity index (χ0) is 12.5. The van der Waals surface area contributed by atoms with Crippen molar-refractivity contribution in [3.63, 3.8) is 0 Å². The van der Waals surface area contributed by atoms with Gasteiger partial charge in [0.2, 0.25) is 5.89 Å². The van der Waals surface area contributed by atoms with Crippen LogP contribution in [0.5, 0.6) is 0 Å². The molecule has 2 aromatic heterocycles. The van der Waals surface area contributed by atoms with Gasteiger partial charge in [0.25, 0.3) is 0 Å². The molecule has 5 heteroatoms. The second-order valence-corrected chi connectivity index (χ2v) is 5.06. The lowest BCUT2D eigenvalue weighted by atomic mass is 10.3. The Hall–Kier alpha value is -1.63. The van der Waals surface area contributed by atoms with Crippen molar-refractivity contribution in [2.75, 3.05) is 12.4 Å². The van der Waals surface area contributed by atoms with Gasteiger partial charge < -0.3 is 9.73 Å². The summed E-state index contributed by atoms with van der Waals surface area (Å²) in [6, 6.07) is 9.77. The summed E-state index contributed by atoms with van der Waals surface area (Å²) in [5.74, 6) is 1.42. The minimum Gasteiger partial charge on any atom is -0.436 e. The molecular weight excluding hydrogens is 341 g/mol. The first-order valence-corrected chi connectivity index (χ1v) is 6.54. The van der Waals surface area contributed by atoms with E-state index in [1.807, 2.05) is 37.4 Å². The molecule has 3 aromatic rings. The van der Waals surface area contributed by atoms with Crippen molar-refractivity contribution in [1.82, 2.24) is 9.97 Å². The van der Waals surface area contributed by atoms with Gasteiger partial charge in [-0.05, 0) is 52.9 Å². The first kappa shape index (κ1) is 11.5. The number of nitrogens with one attached hydrogen (secondary N) is 1. The van der Waals surface area contributed by atoms with Crippen LogP contribution >= 0.6 is 22.6 Å². The average molecular weight is 351 g/mol. The maximum Gasteiger partial charge on any atom is 0.228 e. The van der Waals surface area contributed by atoms with Crippen LogP contribution in [0, 0.1) is 3.57 Å². The van der Waals surface area contributed by atoms with Crippen LogP contribution in [0.1, 0.15) is 0 Å². The minimum atomic E-state index is 0.599. The number of anilines is 1. The van der Waals surface area contributed by atoms with Crippen LogP contribution in [0.2, 0.25) is 0 Å². The number of fused-ring (bicyclic) bond motifs is 1. The van der Waals surface area contributed by atoms with Gasteiger partial charge in [-0.15, -0.1) is 0 Å². The Kier molecular flexibility index (Phi) is 2.91. The highest BCUT2D eigenvalue weighted by Crippen LogP contribution is 2.25. The molecule has 4 nitrogen and oxygen atoms in total. The van der Waals surface area contributed by atoms with E-state index < -0.39 is 0 Å². The van der Waals surface area contributed by atoms with Crippen LogP contribution in [0.25, 0.3) is 22.6 Å². The van der Waals surface area contributed by atoms with E-state index in [-0.39, 0.29) is 0 Å². The molecule has 0 radical (unpaired) electrons. The van der Waals surface area contributed by atoms with Crippen molar-refractivity contribution in [1.29, 1.82) is 0 Å². The highest BCUT2D eigenvalue weighted by Gasteiger charge is 2.08. The van der Waals surface area contributed by atoms with Gasteiger partial charge in [0, 0.05) is 16.8 Å². The molecule has 1 aromatic carbocycles. The summed E-state index contributed by atoms with van der Waals surface area (Å²) in [5, 5.41) is 2.98. The highest BCUT2D eigenvalue weighted by atomic mass is 127. The summed E-state index contributed by atoms with van der Waals surface area (Å²) < 4.78 is 6.85. The van der Waals surface area contributed by atoms with Crippen molar-refractivity contribution >= 4 is 39.5 Å². The Morgan fingerprint density at radius 3 is 2.83 bits per heavy atom. The Morgan fingerprint density at radius 2 is 2.11 bits per heavy atom. The third-order valence-corrected chi connectivity index (χ3v) is 3.29. The number of benzene rings is 1. The smallest absolute Gasteiger partial charge is 0.228 e. The van der Waals surface area contributed by atoms with Gasteiger partial charge in [0.1, 0.15) is 11.3 Å². The Morgan fingerprint density at radius 1 is 1.22 bits per heavy atom. The standard InChI is InChI=1S/C13H10IN3O/c1-15-12-5-2-8(7-16-12)13-17-10-6-9(14)3-4-11(10)18-13/h2-7H,1H3,(H,15,16). The first-order valence-electron chi connectivity index (χ1n) is 5.46. The van der Waals surface area contributed by atoms with E-state index in [1.54, 1.807) is 6.20 Å². The van der Waals surface area contributed by atoms with Gasteiger partial charge in [-0.3, -0.25) is 0 Å². The van der Waals surface area contributed by atoms with E-state index in [2.05, 4.69) is 37.9 Å². The second kappa shape index (κ2) is 4.56. The molecule has 1 N–H and O–H groups in total.